The summed E-state index contributed by atoms with van der Waals surface area (Å²) in [5.41, 5.74) is 1.12. The molecular weight excluding hydrogens is 244 g/mol. The van der Waals surface area contributed by atoms with Crippen molar-refractivity contribution in [2.75, 3.05) is 31.5 Å². The molecule has 3 heteroatoms. The molecule has 0 aromatic heterocycles. The minimum absolute atomic E-state index is 0.797. The molecule has 1 aliphatic heterocycles. The Bertz CT molecular complexity index is 346. The minimum atomic E-state index is 0.797. The quantitative estimate of drug-likeness (QED) is 0.886. The lowest BCUT2D eigenvalue weighted by molar-refractivity contribution is 0.256. The predicted octanol–water partition coefficient (Wildman–Crippen LogP) is 4.02. The third-order valence-corrected chi connectivity index (χ3v) is 3.77. The molecule has 2 nitrogen and oxygen atoms in total. The number of likely N-dealkylation sites (tertiary alicyclic amines) is 1. The normalized spacial score (nSPS) is 18.1. The summed E-state index contributed by atoms with van der Waals surface area (Å²) in [6, 6.07) is 7.94. The Balaban J connectivity index is 1.70. The minimum Gasteiger partial charge on any atom is -0.384 e. The van der Waals surface area contributed by atoms with Crippen molar-refractivity contribution in [3.05, 3.63) is 29.3 Å². The summed E-state index contributed by atoms with van der Waals surface area (Å²) in [5, 5.41) is 4.24. The van der Waals surface area contributed by atoms with Crippen LogP contribution >= 0.6 is 11.6 Å². The predicted molar refractivity (Wildman–Crippen MR) is 79.5 cm³/mol. The molecule has 1 N–H and O–H groups in total. The fraction of sp³-hybridized carbons (Fsp3) is 0.600. The third kappa shape index (κ3) is 4.87. The van der Waals surface area contributed by atoms with E-state index in [0.29, 0.717) is 0 Å². The van der Waals surface area contributed by atoms with Crippen LogP contribution in [0.1, 0.15) is 32.1 Å². The fourth-order valence-corrected chi connectivity index (χ4v) is 2.68. The van der Waals surface area contributed by atoms with Crippen LogP contribution in [0.2, 0.25) is 5.02 Å². The lowest BCUT2D eigenvalue weighted by Gasteiger charge is -2.24. The van der Waals surface area contributed by atoms with Crippen molar-refractivity contribution in [3.8, 4) is 0 Å². The highest BCUT2D eigenvalue weighted by Crippen LogP contribution is 2.15. The number of hydrogen-bond donors (Lipinski definition) is 1. The molecule has 1 heterocycles. The second-order valence-electron chi connectivity index (χ2n) is 5.05. The summed E-state index contributed by atoms with van der Waals surface area (Å²) >= 11 is 5.96. The van der Waals surface area contributed by atoms with Gasteiger partial charge in [0.05, 0.1) is 0 Å². The summed E-state index contributed by atoms with van der Waals surface area (Å²) < 4.78 is 0. The van der Waals surface area contributed by atoms with E-state index in [1.54, 1.807) is 0 Å². The summed E-state index contributed by atoms with van der Waals surface area (Å²) in [4.78, 5) is 2.58. The molecule has 100 valence electrons. The monoisotopic (exact) mass is 266 g/mol. The van der Waals surface area contributed by atoms with Crippen LogP contribution < -0.4 is 5.32 Å². The Kier molecular flexibility index (Phi) is 5.82. The molecule has 2 rings (SSSR count). The van der Waals surface area contributed by atoms with Crippen molar-refractivity contribution < 1.29 is 0 Å². The van der Waals surface area contributed by atoms with Crippen LogP contribution in [0.25, 0.3) is 0 Å². The topological polar surface area (TPSA) is 15.3 Å². The van der Waals surface area contributed by atoms with Gasteiger partial charge in [-0.05, 0) is 44.1 Å². The maximum absolute atomic E-state index is 5.96. The van der Waals surface area contributed by atoms with Gasteiger partial charge >= 0.3 is 0 Å². The first-order chi connectivity index (χ1) is 8.84. The third-order valence-electron chi connectivity index (χ3n) is 3.53. The molecule has 0 spiro atoms. The van der Waals surface area contributed by atoms with E-state index < -0.39 is 0 Å². The van der Waals surface area contributed by atoms with E-state index in [-0.39, 0.29) is 0 Å². The summed E-state index contributed by atoms with van der Waals surface area (Å²) in [5.74, 6) is 0. The zero-order valence-electron chi connectivity index (χ0n) is 11.0. The Morgan fingerprint density at radius 1 is 1.06 bits per heavy atom. The molecule has 0 atom stereocenters. The number of rotatable bonds is 4. The summed E-state index contributed by atoms with van der Waals surface area (Å²) in [6.45, 7) is 4.65. The van der Waals surface area contributed by atoms with Crippen LogP contribution in [0.4, 0.5) is 5.69 Å². The first kappa shape index (κ1) is 13.7. The number of nitrogens with one attached hydrogen (secondary N) is 1. The Morgan fingerprint density at radius 3 is 2.50 bits per heavy atom. The average Bonchev–Trinajstić information content (AvgIpc) is 2.32. The average molecular weight is 267 g/mol. The summed E-state index contributed by atoms with van der Waals surface area (Å²) in [6.07, 6.45) is 6.94. The van der Waals surface area contributed by atoms with Crippen molar-refractivity contribution in [1.29, 1.82) is 0 Å². The molecule has 0 saturated carbocycles. The van der Waals surface area contributed by atoms with Crippen molar-refractivity contribution in [2.24, 2.45) is 0 Å². The first-order valence-electron chi connectivity index (χ1n) is 7.06. The van der Waals surface area contributed by atoms with Crippen molar-refractivity contribution in [3.63, 3.8) is 0 Å². The SMILES string of the molecule is Clc1cccc(NCCN2CCCCCCC2)c1. The first-order valence-corrected chi connectivity index (χ1v) is 7.44. The number of nitrogens with zero attached hydrogens (tertiary/aromatic N) is 1. The van der Waals surface area contributed by atoms with E-state index in [1.807, 2.05) is 18.2 Å². The number of anilines is 1. The maximum Gasteiger partial charge on any atom is 0.0426 e. The van der Waals surface area contributed by atoms with E-state index in [4.69, 9.17) is 11.6 Å². The standard InChI is InChI=1S/C15H23ClN2/c16-14-7-6-8-15(13-14)17-9-12-18-10-4-2-1-3-5-11-18/h6-8,13,17H,1-5,9-12H2. The van der Waals surface area contributed by atoms with Gasteiger partial charge in [0.1, 0.15) is 0 Å². The van der Waals surface area contributed by atoms with Crippen molar-refractivity contribution >= 4 is 17.3 Å². The van der Waals surface area contributed by atoms with Gasteiger partial charge in [0.15, 0.2) is 0 Å². The van der Waals surface area contributed by atoms with Gasteiger partial charge in [-0.3, -0.25) is 0 Å². The molecule has 0 bridgehead atoms. The van der Waals surface area contributed by atoms with Gasteiger partial charge < -0.3 is 10.2 Å². The molecule has 0 unspecified atom stereocenters. The smallest absolute Gasteiger partial charge is 0.0426 e. The molecule has 1 saturated heterocycles. The fourth-order valence-electron chi connectivity index (χ4n) is 2.49. The van der Waals surface area contributed by atoms with Gasteiger partial charge in [-0.2, -0.15) is 0 Å². The lowest BCUT2D eigenvalue weighted by atomic mass is 10.1. The van der Waals surface area contributed by atoms with Crippen LogP contribution in [0.5, 0.6) is 0 Å². The van der Waals surface area contributed by atoms with Crippen LogP contribution in [0.15, 0.2) is 24.3 Å². The van der Waals surface area contributed by atoms with E-state index >= 15 is 0 Å². The van der Waals surface area contributed by atoms with Crippen molar-refractivity contribution in [1.82, 2.24) is 4.90 Å². The largest absolute Gasteiger partial charge is 0.384 e. The van der Waals surface area contributed by atoms with Crippen LogP contribution in [0.3, 0.4) is 0 Å². The molecule has 0 radical (unpaired) electrons. The second kappa shape index (κ2) is 7.65. The van der Waals surface area contributed by atoms with E-state index in [1.165, 1.54) is 45.2 Å². The molecule has 0 aliphatic carbocycles. The van der Waals surface area contributed by atoms with E-state index in [9.17, 15) is 0 Å². The highest BCUT2D eigenvalue weighted by Gasteiger charge is 2.07. The van der Waals surface area contributed by atoms with Gasteiger partial charge in [-0.15, -0.1) is 0 Å². The van der Waals surface area contributed by atoms with Crippen molar-refractivity contribution in [2.45, 2.75) is 32.1 Å². The zero-order chi connectivity index (χ0) is 12.6. The molecule has 1 aromatic carbocycles. The van der Waals surface area contributed by atoms with E-state index in [2.05, 4.69) is 16.3 Å². The second-order valence-corrected chi connectivity index (χ2v) is 5.48. The zero-order valence-corrected chi connectivity index (χ0v) is 11.8. The molecule has 1 aromatic rings. The maximum atomic E-state index is 5.96. The van der Waals surface area contributed by atoms with Crippen LogP contribution in [-0.4, -0.2) is 31.1 Å². The molecule has 0 amide bonds. The molecule has 18 heavy (non-hydrogen) atoms. The Hall–Kier alpha value is -0.730. The Labute approximate surface area is 115 Å². The van der Waals surface area contributed by atoms with Gasteiger partial charge in [-0.1, -0.05) is 36.9 Å². The van der Waals surface area contributed by atoms with Crippen LogP contribution in [0, 0.1) is 0 Å². The molecule has 1 fully saturated rings. The lowest BCUT2D eigenvalue weighted by Crippen LogP contribution is -2.31. The highest BCUT2D eigenvalue weighted by atomic mass is 35.5. The van der Waals surface area contributed by atoms with Gasteiger partial charge in [-0.25, -0.2) is 0 Å². The highest BCUT2D eigenvalue weighted by molar-refractivity contribution is 6.30. The van der Waals surface area contributed by atoms with E-state index in [0.717, 1.165) is 23.8 Å². The number of benzene rings is 1. The molecular formula is C15H23ClN2. The summed E-state index contributed by atoms with van der Waals surface area (Å²) in [7, 11) is 0. The molecule has 1 aliphatic rings. The van der Waals surface area contributed by atoms with Gasteiger partial charge in [0.2, 0.25) is 0 Å². The van der Waals surface area contributed by atoms with Crippen LogP contribution in [-0.2, 0) is 0 Å². The Morgan fingerprint density at radius 2 is 1.78 bits per heavy atom. The number of hydrogen-bond acceptors (Lipinski definition) is 2. The van der Waals surface area contributed by atoms with Gasteiger partial charge in [0.25, 0.3) is 0 Å². The number of halogens is 1. The van der Waals surface area contributed by atoms with Gasteiger partial charge in [0, 0.05) is 23.8 Å².